The number of unbranched alkanes of at least 4 members (excludes halogenated alkanes) is 53. The van der Waals surface area contributed by atoms with E-state index in [9.17, 15) is 19.8 Å². The molecule has 1 rings (SSSR count). The molecule has 0 aliphatic carbocycles. The van der Waals surface area contributed by atoms with E-state index in [-0.39, 0.29) is 19.6 Å². The molecule has 74 heavy (non-hydrogen) atoms. The Kier molecular flexibility index (Phi) is 55.1. The number of allylic oxidation sites excluding steroid dienone is 2. The molecule has 1 saturated heterocycles. The van der Waals surface area contributed by atoms with Crippen molar-refractivity contribution < 1.29 is 29.3 Å². The standard InChI is InChI=1S/C68H130O6/c1-2-3-4-5-6-7-8-9-10-11-12-13-14-15-16-17-18-19-20-21-22-23-24-25-26-27-28-29-30-31-32-33-34-35-36-37-38-39-40-41-42-43-44-45-46-47-48-49-50-51-52-53-54-55-56-57-58-59-65-60-66(71)73-63-68(61-69,62-70)64-74-67(65)72/h41-42,65,69-70H,2-40,43-64H2,1H3/b42-41+. The number of hydrogen-bond donors (Lipinski definition) is 2. The maximum atomic E-state index is 12.5. The molecule has 0 bridgehead atoms. The second-order valence-corrected chi connectivity index (χ2v) is 24.2. The number of hydrogen-bond acceptors (Lipinski definition) is 6. The molecule has 1 aliphatic heterocycles. The summed E-state index contributed by atoms with van der Waals surface area (Å²) < 4.78 is 10.6. The number of carbonyl (C=O) groups excluding carboxylic acids is 2. The van der Waals surface area contributed by atoms with E-state index in [2.05, 4.69) is 19.1 Å². The van der Waals surface area contributed by atoms with Gasteiger partial charge in [0, 0.05) is 0 Å². The van der Waals surface area contributed by atoms with Gasteiger partial charge in [-0.1, -0.05) is 347 Å². The fourth-order valence-corrected chi connectivity index (χ4v) is 11.3. The van der Waals surface area contributed by atoms with Crippen LogP contribution >= 0.6 is 0 Å². The van der Waals surface area contributed by atoms with E-state index in [1.807, 2.05) is 0 Å². The summed E-state index contributed by atoms with van der Waals surface area (Å²) in [5.41, 5.74) is -1.12. The van der Waals surface area contributed by atoms with Gasteiger partial charge in [0.15, 0.2) is 0 Å². The van der Waals surface area contributed by atoms with Crippen LogP contribution in [0.4, 0.5) is 0 Å². The third-order valence-corrected chi connectivity index (χ3v) is 16.8. The quantitative estimate of drug-likeness (QED) is 0.0358. The summed E-state index contributed by atoms with van der Waals surface area (Å²) in [7, 11) is 0. The van der Waals surface area contributed by atoms with Crippen LogP contribution in [0.3, 0.4) is 0 Å². The smallest absolute Gasteiger partial charge is 0.309 e. The van der Waals surface area contributed by atoms with Crippen LogP contribution in [0.2, 0.25) is 0 Å². The molecule has 0 spiro atoms. The number of rotatable bonds is 59. The summed E-state index contributed by atoms with van der Waals surface area (Å²) in [6, 6.07) is 0. The molecule has 6 heteroatoms. The highest BCUT2D eigenvalue weighted by Crippen LogP contribution is 2.25. The first-order valence-electron chi connectivity index (χ1n) is 33.8. The molecule has 0 aromatic rings. The summed E-state index contributed by atoms with van der Waals surface area (Å²) in [4.78, 5) is 24.7. The van der Waals surface area contributed by atoms with Crippen LogP contribution < -0.4 is 0 Å². The van der Waals surface area contributed by atoms with Gasteiger partial charge in [-0.15, -0.1) is 0 Å². The third-order valence-electron chi connectivity index (χ3n) is 16.8. The van der Waals surface area contributed by atoms with Crippen LogP contribution in [-0.2, 0) is 19.1 Å². The van der Waals surface area contributed by atoms with Crippen molar-refractivity contribution in [3.63, 3.8) is 0 Å². The zero-order valence-electron chi connectivity index (χ0n) is 49.9. The van der Waals surface area contributed by atoms with Crippen molar-refractivity contribution in [1.29, 1.82) is 0 Å². The lowest BCUT2D eigenvalue weighted by molar-refractivity contribution is -0.155. The number of aliphatic hydroxyl groups excluding tert-OH is 2. The highest BCUT2D eigenvalue weighted by atomic mass is 16.6. The highest BCUT2D eigenvalue weighted by Gasteiger charge is 2.36. The van der Waals surface area contributed by atoms with E-state index in [1.54, 1.807) is 0 Å². The van der Waals surface area contributed by atoms with E-state index in [1.165, 1.54) is 334 Å². The van der Waals surface area contributed by atoms with Crippen molar-refractivity contribution in [2.45, 2.75) is 373 Å². The number of carbonyl (C=O) groups is 2. The molecule has 1 atom stereocenters. The Morgan fingerprint density at radius 3 is 0.838 bits per heavy atom. The van der Waals surface area contributed by atoms with Crippen LogP contribution in [0.1, 0.15) is 373 Å². The monoisotopic (exact) mass is 1040 g/mol. The van der Waals surface area contributed by atoms with Crippen molar-refractivity contribution in [2.75, 3.05) is 26.4 Å². The zero-order valence-corrected chi connectivity index (χ0v) is 49.9. The number of cyclic esters (lactones) is 2. The largest absolute Gasteiger partial charge is 0.465 e. The topological polar surface area (TPSA) is 93.1 Å². The molecular weight excluding hydrogens is 913 g/mol. The minimum Gasteiger partial charge on any atom is -0.465 e. The lowest BCUT2D eigenvalue weighted by atomic mass is 9.92. The Morgan fingerprint density at radius 1 is 0.351 bits per heavy atom. The summed E-state index contributed by atoms with van der Waals surface area (Å²) in [5, 5.41) is 19.2. The van der Waals surface area contributed by atoms with Gasteiger partial charge in [-0.3, -0.25) is 9.59 Å². The van der Waals surface area contributed by atoms with Gasteiger partial charge in [0.2, 0.25) is 0 Å². The van der Waals surface area contributed by atoms with Crippen LogP contribution in [0.25, 0.3) is 0 Å². The van der Waals surface area contributed by atoms with Gasteiger partial charge in [0.1, 0.15) is 13.2 Å². The predicted molar refractivity (Wildman–Crippen MR) is 320 cm³/mol. The molecular formula is C68H130O6. The molecule has 1 aliphatic rings. The van der Waals surface area contributed by atoms with Gasteiger partial charge < -0.3 is 19.7 Å². The Morgan fingerprint density at radius 2 is 0.581 bits per heavy atom. The number of ether oxygens (including phenoxy) is 2. The van der Waals surface area contributed by atoms with E-state index in [4.69, 9.17) is 9.47 Å². The minimum atomic E-state index is -1.12. The molecule has 6 nitrogen and oxygen atoms in total. The van der Waals surface area contributed by atoms with Crippen molar-refractivity contribution in [1.82, 2.24) is 0 Å². The van der Waals surface area contributed by atoms with Crippen LogP contribution in [0, 0.1) is 11.3 Å². The first kappa shape index (κ1) is 70.6. The number of aliphatic hydroxyl groups is 2. The summed E-state index contributed by atoms with van der Waals surface area (Å²) >= 11 is 0. The van der Waals surface area contributed by atoms with Crippen LogP contribution in [0.15, 0.2) is 12.2 Å². The Labute approximate surface area is 462 Å². The normalized spacial score (nSPS) is 15.1. The van der Waals surface area contributed by atoms with E-state index < -0.39 is 36.5 Å². The second kappa shape index (κ2) is 57.8. The van der Waals surface area contributed by atoms with Crippen molar-refractivity contribution in [3.05, 3.63) is 12.2 Å². The molecule has 1 fully saturated rings. The lowest BCUT2D eigenvalue weighted by Gasteiger charge is -2.27. The van der Waals surface area contributed by atoms with Crippen molar-refractivity contribution in [3.8, 4) is 0 Å². The van der Waals surface area contributed by atoms with Gasteiger partial charge >= 0.3 is 11.9 Å². The number of esters is 2. The fourth-order valence-electron chi connectivity index (χ4n) is 11.3. The molecule has 1 unspecified atom stereocenters. The molecule has 0 radical (unpaired) electrons. The summed E-state index contributed by atoms with van der Waals surface area (Å²) in [5.74, 6) is -1.40. The van der Waals surface area contributed by atoms with Gasteiger partial charge in [0.25, 0.3) is 0 Å². The van der Waals surface area contributed by atoms with Crippen LogP contribution in [-0.4, -0.2) is 48.6 Å². The first-order valence-corrected chi connectivity index (χ1v) is 33.8. The second-order valence-electron chi connectivity index (χ2n) is 24.2. The van der Waals surface area contributed by atoms with Gasteiger partial charge in [-0.25, -0.2) is 0 Å². The average Bonchev–Trinajstić information content (AvgIpc) is 3.47. The first-order chi connectivity index (χ1) is 36.6. The van der Waals surface area contributed by atoms with Crippen molar-refractivity contribution in [2.24, 2.45) is 11.3 Å². The van der Waals surface area contributed by atoms with Gasteiger partial charge in [0.05, 0.1) is 31.0 Å². The highest BCUT2D eigenvalue weighted by molar-refractivity contribution is 5.80. The minimum absolute atomic E-state index is 0.00321. The Hall–Kier alpha value is -1.40. The molecule has 0 saturated carbocycles. The molecule has 0 aromatic carbocycles. The Balaban J connectivity index is 1.68. The SMILES string of the molecule is CCCCCCCCCCCCCCCCCCCCCCCCCCCCCCCCCCCCCCCC/C=C/CCCCCCCCCCCCCCCCCC1CC(=O)OCC(CO)(CO)COC1=O. The average molecular weight is 1040 g/mol. The van der Waals surface area contributed by atoms with E-state index >= 15 is 0 Å². The molecule has 2 N–H and O–H groups in total. The van der Waals surface area contributed by atoms with Gasteiger partial charge in [-0.2, -0.15) is 0 Å². The summed E-state index contributed by atoms with van der Waals surface area (Å²) in [6.45, 7) is 1.21. The fraction of sp³-hybridized carbons (Fsp3) is 0.941. The molecule has 0 amide bonds. The summed E-state index contributed by atoms with van der Waals surface area (Å²) in [6.07, 6.45) is 83.2. The van der Waals surface area contributed by atoms with Gasteiger partial charge in [-0.05, 0) is 32.1 Å². The maximum Gasteiger partial charge on any atom is 0.309 e. The third kappa shape index (κ3) is 48.9. The lowest BCUT2D eigenvalue weighted by Crippen LogP contribution is -2.40. The molecule has 0 aromatic heterocycles. The van der Waals surface area contributed by atoms with E-state index in [0.29, 0.717) is 6.42 Å². The molecule has 438 valence electrons. The molecule has 1 heterocycles. The van der Waals surface area contributed by atoms with Crippen molar-refractivity contribution >= 4 is 11.9 Å². The zero-order chi connectivity index (χ0) is 53.2. The maximum absolute atomic E-state index is 12.5. The predicted octanol–water partition coefficient (Wildman–Crippen LogP) is 21.5. The Bertz CT molecular complexity index is 1160. The van der Waals surface area contributed by atoms with E-state index in [0.717, 1.165) is 19.3 Å². The van der Waals surface area contributed by atoms with Crippen LogP contribution in [0.5, 0.6) is 0 Å².